The number of benzene rings is 2. The van der Waals surface area contributed by atoms with Gasteiger partial charge >= 0.3 is 5.97 Å². The first-order valence-corrected chi connectivity index (χ1v) is 10.5. The number of imide groups is 1. The fourth-order valence-electron chi connectivity index (χ4n) is 3.18. The van der Waals surface area contributed by atoms with Gasteiger partial charge in [-0.2, -0.15) is 0 Å². The van der Waals surface area contributed by atoms with Crippen LogP contribution in [-0.4, -0.2) is 38.9 Å². The van der Waals surface area contributed by atoms with Gasteiger partial charge in [0, 0.05) is 11.5 Å². The second-order valence-electron chi connectivity index (χ2n) is 6.58. The summed E-state index contributed by atoms with van der Waals surface area (Å²) in [6, 6.07) is 11.5. The molecule has 0 N–H and O–H groups in total. The smallest absolute Gasteiger partial charge is 0.342 e. The quantitative estimate of drug-likeness (QED) is 0.393. The maximum absolute atomic E-state index is 12.7. The molecule has 2 heterocycles. The third kappa shape index (κ3) is 4.14. The van der Waals surface area contributed by atoms with E-state index >= 15 is 0 Å². The number of halogens is 1. The Morgan fingerprint density at radius 2 is 1.84 bits per heavy atom. The molecule has 0 fully saturated rings. The Labute approximate surface area is 186 Å². The second-order valence-corrected chi connectivity index (χ2v) is 7.93. The van der Waals surface area contributed by atoms with E-state index in [1.54, 1.807) is 49.4 Å². The van der Waals surface area contributed by atoms with E-state index in [-0.39, 0.29) is 30.5 Å². The van der Waals surface area contributed by atoms with Crippen LogP contribution in [0, 0.1) is 0 Å². The van der Waals surface area contributed by atoms with E-state index in [1.807, 2.05) is 0 Å². The molecule has 3 aromatic rings. The largest absolute Gasteiger partial charge is 0.493 e. The molecule has 10 heteroatoms. The number of carbonyl (C=O) groups is 3. The first kappa shape index (κ1) is 21.0. The molecule has 2 amide bonds. The van der Waals surface area contributed by atoms with Crippen molar-refractivity contribution in [3.63, 3.8) is 0 Å². The first-order chi connectivity index (χ1) is 15.0. The van der Waals surface area contributed by atoms with Crippen molar-refractivity contribution in [1.82, 2.24) is 14.5 Å². The molecule has 31 heavy (non-hydrogen) atoms. The van der Waals surface area contributed by atoms with Gasteiger partial charge in [-0.05, 0) is 36.8 Å². The van der Waals surface area contributed by atoms with E-state index in [0.29, 0.717) is 39.1 Å². The zero-order valence-electron chi connectivity index (χ0n) is 16.3. The van der Waals surface area contributed by atoms with E-state index < -0.39 is 5.97 Å². The first-order valence-electron chi connectivity index (χ1n) is 9.34. The summed E-state index contributed by atoms with van der Waals surface area (Å²) in [7, 11) is 0. The van der Waals surface area contributed by atoms with Gasteiger partial charge in [-0.1, -0.05) is 34.3 Å². The van der Waals surface area contributed by atoms with Crippen LogP contribution in [0.15, 0.2) is 42.5 Å². The fraction of sp³-hybridized carbons (Fsp3) is 0.190. The van der Waals surface area contributed by atoms with E-state index in [9.17, 15) is 14.4 Å². The van der Waals surface area contributed by atoms with E-state index in [1.165, 1.54) is 0 Å². The van der Waals surface area contributed by atoms with Crippen LogP contribution in [0.4, 0.5) is 0 Å². The summed E-state index contributed by atoms with van der Waals surface area (Å²) < 4.78 is 14.9. The predicted octanol–water partition coefficient (Wildman–Crippen LogP) is 3.74. The van der Waals surface area contributed by atoms with Crippen LogP contribution in [0.5, 0.6) is 5.75 Å². The summed E-state index contributed by atoms with van der Waals surface area (Å²) in [5.41, 5.74) is 1.85. The lowest BCUT2D eigenvalue weighted by Crippen LogP contribution is -2.29. The van der Waals surface area contributed by atoms with Gasteiger partial charge in [-0.15, -0.1) is 5.10 Å². The van der Waals surface area contributed by atoms with Crippen molar-refractivity contribution in [3.05, 3.63) is 74.7 Å². The van der Waals surface area contributed by atoms with Gasteiger partial charge in [0.1, 0.15) is 28.0 Å². The number of amides is 2. The summed E-state index contributed by atoms with van der Waals surface area (Å²) in [4.78, 5) is 39.1. The van der Waals surface area contributed by atoms with E-state index in [2.05, 4.69) is 9.59 Å². The lowest BCUT2D eigenvalue weighted by Gasteiger charge is -2.16. The SMILES string of the molecule is CCOc1ccc(CN2C(=O)c3ccccc3C2=O)cc1C(=O)OCc1nnsc1Cl. The average molecular weight is 458 g/mol. The van der Waals surface area contributed by atoms with Crippen molar-refractivity contribution in [2.45, 2.75) is 20.1 Å². The van der Waals surface area contributed by atoms with Gasteiger partial charge in [0.05, 0.1) is 24.3 Å². The number of aromatic nitrogens is 2. The van der Waals surface area contributed by atoms with Crippen molar-refractivity contribution >= 4 is 40.9 Å². The highest BCUT2D eigenvalue weighted by atomic mass is 35.5. The number of nitrogens with zero attached hydrogens (tertiary/aromatic N) is 3. The van der Waals surface area contributed by atoms with Crippen LogP contribution in [0.25, 0.3) is 0 Å². The highest BCUT2D eigenvalue weighted by Gasteiger charge is 2.35. The summed E-state index contributed by atoms with van der Waals surface area (Å²) >= 11 is 6.94. The Hall–Kier alpha value is -3.30. The van der Waals surface area contributed by atoms with Crippen molar-refractivity contribution in [2.75, 3.05) is 6.61 Å². The molecule has 0 radical (unpaired) electrons. The lowest BCUT2D eigenvalue weighted by molar-refractivity contribution is 0.0463. The Morgan fingerprint density at radius 1 is 1.13 bits per heavy atom. The number of ether oxygens (including phenoxy) is 2. The predicted molar refractivity (Wildman–Crippen MR) is 112 cm³/mol. The third-order valence-corrected chi connectivity index (χ3v) is 5.62. The molecule has 4 rings (SSSR count). The normalized spacial score (nSPS) is 12.8. The molecule has 0 unspecified atom stereocenters. The van der Waals surface area contributed by atoms with Crippen molar-refractivity contribution < 1.29 is 23.9 Å². The van der Waals surface area contributed by atoms with Gasteiger partial charge in [0.15, 0.2) is 0 Å². The van der Waals surface area contributed by atoms with Crippen LogP contribution < -0.4 is 4.74 Å². The Morgan fingerprint density at radius 3 is 2.45 bits per heavy atom. The van der Waals surface area contributed by atoms with Crippen molar-refractivity contribution in [3.8, 4) is 5.75 Å². The molecule has 0 saturated heterocycles. The third-order valence-electron chi connectivity index (χ3n) is 4.63. The van der Waals surface area contributed by atoms with E-state index in [4.69, 9.17) is 21.1 Å². The van der Waals surface area contributed by atoms with Crippen LogP contribution in [0.3, 0.4) is 0 Å². The zero-order valence-corrected chi connectivity index (χ0v) is 17.9. The Balaban J connectivity index is 1.56. The number of rotatable bonds is 7. The molecular weight excluding hydrogens is 442 g/mol. The van der Waals surface area contributed by atoms with Crippen LogP contribution in [0.1, 0.15) is 49.3 Å². The monoisotopic (exact) mass is 457 g/mol. The molecule has 0 atom stereocenters. The summed E-state index contributed by atoms with van der Waals surface area (Å²) in [6.45, 7) is 2.02. The summed E-state index contributed by atoms with van der Waals surface area (Å²) in [5, 5.41) is 3.81. The molecule has 8 nitrogen and oxygen atoms in total. The van der Waals surface area contributed by atoms with Crippen molar-refractivity contribution in [2.24, 2.45) is 0 Å². The van der Waals surface area contributed by atoms with Crippen molar-refractivity contribution in [1.29, 1.82) is 0 Å². The standard InChI is InChI=1S/C21H16ClN3O5S/c1-2-29-17-8-7-12(9-15(17)21(28)30-11-16-18(22)31-24-23-16)10-25-19(26)13-5-3-4-6-14(13)20(25)27/h3-9H,2,10-11H2,1H3. The van der Waals surface area contributed by atoms with Gasteiger partial charge in [0.2, 0.25) is 0 Å². The van der Waals surface area contributed by atoms with Gasteiger partial charge in [0.25, 0.3) is 11.8 Å². The molecule has 1 aliphatic heterocycles. The molecule has 158 valence electrons. The lowest BCUT2D eigenvalue weighted by atomic mass is 10.1. The number of fused-ring (bicyclic) bond motifs is 1. The average Bonchev–Trinajstić information content (AvgIpc) is 3.29. The molecule has 1 aliphatic rings. The Kier molecular flexibility index (Phi) is 5.97. The van der Waals surface area contributed by atoms with Gasteiger partial charge < -0.3 is 9.47 Å². The van der Waals surface area contributed by atoms with Crippen LogP contribution in [0.2, 0.25) is 4.34 Å². The van der Waals surface area contributed by atoms with E-state index in [0.717, 1.165) is 16.4 Å². The number of hydrogen-bond donors (Lipinski definition) is 0. The molecule has 0 bridgehead atoms. The molecule has 0 aliphatic carbocycles. The molecular formula is C21H16ClN3O5S. The zero-order chi connectivity index (χ0) is 22.0. The fourth-order valence-corrected chi connectivity index (χ4v) is 3.78. The maximum atomic E-state index is 12.7. The molecule has 0 spiro atoms. The van der Waals surface area contributed by atoms with Crippen LogP contribution >= 0.6 is 23.1 Å². The number of carbonyl (C=O) groups excluding carboxylic acids is 3. The Bertz CT molecular complexity index is 1140. The van der Waals surface area contributed by atoms with Gasteiger partial charge in [-0.25, -0.2) is 4.79 Å². The topological polar surface area (TPSA) is 98.7 Å². The van der Waals surface area contributed by atoms with Gasteiger partial charge in [-0.3, -0.25) is 14.5 Å². The molecule has 1 aromatic heterocycles. The molecule has 2 aromatic carbocycles. The minimum absolute atomic E-state index is 0.0147. The van der Waals surface area contributed by atoms with Crippen LogP contribution in [-0.2, 0) is 17.9 Å². The number of hydrogen-bond acceptors (Lipinski definition) is 8. The highest BCUT2D eigenvalue weighted by Crippen LogP contribution is 2.27. The number of esters is 1. The minimum atomic E-state index is -0.642. The maximum Gasteiger partial charge on any atom is 0.342 e. The molecule has 0 saturated carbocycles. The summed E-state index contributed by atoms with van der Waals surface area (Å²) in [5.74, 6) is -1.05. The highest BCUT2D eigenvalue weighted by molar-refractivity contribution is 7.10. The summed E-state index contributed by atoms with van der Waals surface area (Å²) in [6.07, 6.45) is 0. The minimum Gasteiger partial charge on any atom is -0.493 e. The second kappa shape index (κ2) is 8.83.